The van der Waals surface area contributed by atoms with E-state index >= 15 is 0 Å². The van der Waals surface area contributed by atoms with Crippen LogP contribution in [0.15, 0.2) is 42.9 Å². The van der Waals surface area contributed by atoms with E-state index in [1.54, 1.807) is 4.68 Å². The Morgan fingerprint density at radius 2 is 2.14 bits per heavy atom. The number of imidazole rings is 1. The second kappa shape index (κ2) is 8.14. The molecule has 1 amide bonds. The van der Waals surface area contributed by atoms with Crippen molar-refractivity contribution < 1.29 is 4.79 Å². The molecule has 0 aliphatic carbocycles. The summed E-state index contributed by atoms with van der Waals surface area (Å²) in [4.78, 5) is 21.7. The Morgan fingerprint density at radius 3 is 3.00 bits per heavy atom. The van der Waals surface area contributed by atoms with Gasteiger partial charge in [-0.25, -0.2) is 4.98 Å². The molecule has 28 heavy (non-hydrogen) atoms. The van der Waals surface area contributed by atoms with E-state index in [4.69, 9.17) is 0 Å². The molecule has 1 unspecified atom stereocenters. The first-order valence-electron chi connectivity index (χ1n) is 9.96. The summed E-state index contributed by atoms with van der Waals surface area (Å²) in [5.41, 5.74) is 1.00. The lowest BCUT2D eigenvalue weighted by Gasteiger charge is -2.33. The van der Waals surface area contributed by atoms with Gasteiger partial charge in [0.2, 0.25) is 5.91 Å². The summed E-state index contributed by atoms with van der Waals surface area (Å²) >= 11 is 0. The fraction of sp³-hybridized carbons (Fsp3) is 0.476. The molecule has 0 radical (unpaired) electrons. The van der Waals surface area contributed by atoms with Crippen molar-refractivity contribution in [2.75, 3.05) is 33.7 Å². The molecule has 4 rings (SSSR count). The minimum Gasteiger partial charge on any atom is -0.340 e. The Labute approximate surface area is 165 Å². The number of fused-ring (bicyclic) bond motifs is 1. The molecule has 0 spiro atoms. The van der Waals surface area contributed by atoms with E-state index in [0.29, 0.717) is 5.92 Å². The molecule has 0 N–H and O–H groups in total. The van der Waals surface area contributed by atoms with Gasteiger partial charge in [-0.2, -0.15) is 5.10 Å². The van der Waals surface area contributed by atoms with Crippen LogP contribution in [0.4, 0.5) is 0 Å². The number of aromatic nitrogens is 4. The average Bonchev–Trinajstić information content (AvgIpc) is 3.34. The van der Waals surface area contributed by atoms with E-state index in [1.807, 2.05) is 41.6 Å². The first-order valence-corrected chi connectivity index (χ1v) is 9.96. The van der Waals surface area contributed by atoms with E-state index in [1.165, 1.54) is 0 Å². The van der Waals surface area contributed by atoms with Crippen molar-refractivity contribution in [2.24, 2.45) is 0 Å². The number of carbonyl (C=O) groups excluding carboxylic acids is 1. The maximum Gasteiger partial charge on any atom is 0.244 e. The van der Waals surface area contributed by atoms with E-state index < -0.39 is 0 Å². The number of benzene rings is 1. The summed E-state index contributed by atoms with van der Waals surface area (Å²) < 4.78 is 4.04. The number of nitrogens with zero attached hydrogens (tertiary/aromatic N) is 6. The van der Waals surface area contributed by atoms with Crippen molar-refractivity contribution in [3.63, 3.8) is 0 Å². The Hall–Kier alpha value is -2.67. The number of para-hydroxylation sites is 1. The van der Waals surface area contributed by atoms with Crippen LogP contribution in [-0.4, -0.2) is 68.8 Å². The highest BCUT2D eigenvalue weighted by Crippen LogP contribution is 2.26. The van der Waals surface area contributed by atoms with Gasteiger partial charge in [-0.15, -0.1) is 0 Å². The number of piperidine rings is 1. The third-order valence-corrected chi connectivity index (χ3v) is 5.51. The largest absolute Gasteiger partial charge is 0.340 e. The number of rotatable bonds is 6. The molecule has 1 aliphatic heterocycles. The lowest BCUT2D eigenvalue weighted by Crippen LogP contribution is -2.41. The molecule has 1 saturated heterocycles. The number of likely N-dealkylation sites (N-methyl/N-ethyl adjacent to an activating group) is 1. The first-order chi connectivity index (χ1) is 13.6. The fourth-order valence-corrected chi connectivity index (χ4v) is 3.97. The zero-order chi connectivity index (χ0) is 19.5. The van der Waals surface area contributed by atoms with Gasteiger partial charge in [-0.05, 0) is 33.0 Å². The minimum atomic E-state index is 0.130. The maximum absolute atomic E-state index is 13.0. The number of amides is 1. The van der Waals surface area contributed by atoms with Crippen LogP contribution in [0.3, 0.4) is 0 Å². The molecule has 3 aromatic rings. The molecule has 1 aliphatic rings. The van der Waals surface area contributed by atoms with Gasteiger partial charge in [-0.3, -0.25) is 9.48 Å². The Bertz CT molecular complexity index is 943. The van der Waals surface area contributed by atoms with Crippen molar-refractivity contribution in [1.82, 2.24) is 29.1 Å². The maximum atomic E-state index is 13.0. The molecule has 7 heteroatoms. The predicted octanol–water partition coefficient (Wildman–Crippen LogP) is 2.20. The average molecular weight is 380 g/mol. The number of hydrogen-bond acceptors (Lipinski definition) is 4. The Morgan fingerprint density at radius 1 is 1.29 bits per heavy atom. The third kappa shape index (κ3) is 3.94. The van der Waals surface area contributed by atoms with Crippen LogP contribution in [0.2, 0.25) is 0 Å². The highest BCUT2D eigenvalue weighted by atomic mass is 16.2. The van der Waals surface area contributed by atoms with Gasteiger partial charge >= 0.3 is 0 Å². The molecule has 0 saturated carbocycles. The van der Waals surface area contributed by atoms with Crippen LogP contribution in [0.5, 0.6) is 0 Å². The lowest BCUT2D eigenvalue weighted by molar-refractivity contribution is -0.133. The van der Waals surface area contributed by atoms with Crippen molar-refractivity contribution in [2.45, 2.75) is 31.8 Å². The van der Waals surface area contributed by atoms with Crippen LogP contribution in [0.25, 0.3) is 10.9 Å². The van der Waals surface area contributed by atoms with Gasteiger partial charge in [0.1, 0.15) is 12.4 Å². The Kier molecular flexibility index (Phi) is 5.43. The summed E-state index contributed by atoms with van der Waals surface area (Å²) in [6, 6.07) is 8.00. The fourth-order valence-electron chi connectivity index (χ4n) is 3.97. The number of carbonyl (C=O) groups is 1. The summed E-state index contributed by atoms with van der Waals surface area (Å²) in [6.45, 7) is 3.73. The van der Waals surface area contributed by atoms with E-state index in [-0.39, 0.29) is 12.5 Å². The molecule has 3 heterocycles. The second-order valence-corrected chi connectivity index (χ2v) is 7.82. The standard InChI is InChI=1S/C21H28N6O/c1-24(2)12-13-25-11-9-22-21(25)18-7-5-10-26(15-18)20(28)16-27-19-8-4-3-6-17(19)14-23-27/h3-4,6,8-9,11,14,18H,5,7,10,12-13,15-16H2,1-2H3. The van der Waals surface area contributed by atoms with Gasteiger partial charge in [0.25, 0.3) is 0 Å². The van der Waals surface area contributed by atoms with Gasteiger partial charge in [0.15, 0.2) is 0 Å². The normalized spacial score (nSPS) is 17.5. The molecule has 0 bridgehead atoms. The zero-order valence-electron chi connectivity index (χ0n) is 16.7. The molecule has 148 valence electrons. The smallest absolute Gasteiger partial charge is 0.244 e. The monoisotopic (exact) mass is 380 g/mol. The zero-order valence-corrected chi connectivity index (χ0v) is 16.7. The minimum absolute atomic E-state index is 0.130. The molecule has 1 fully saturated rings. The van der Waals surface area contributed by atoms with Gasteiger partial charge < -0.3 is 14.4 Å². The lowest BCUT2D eigenvalue weighted by atomic mass is 9.97. The number of hydrogen-bond donors (Lipinski definition) is 0. The van der Waals surface area contributed by atoms with Gasteiger partial charge in [0, 0.05) is 49.9 Å². The Balaban J connectivity index is 1.44. The van der Waals surface area contributed by atoms with Crippen molar-refractivity contribution in [3.8, 4) is 0 Å². The summed E-state index contributed by atoms with van der Waals surface area (Å²) in [5, 5.41) is 5.47. The summed E-state index contributed by atoms with van der Waals surface area (Å²) in [6.07, 6.45) is 7.84. The van der Waals surface area contributed by atoms with Crippen molar-refractivity contribution in [1.29, 1.82) is 0 Å². The SMILES string of the molecule is CN(C)CCn1ccnc1C1CCCN(C(=O)Cn2ncc3ccccc32)C1. The summed E-state index contributed by atoms with van der Waals surface area (Å²) in [5.74, 6) is 1.53. The van der Waals surface area contributed by atoms with Crippen molar-refractivity contribution >= 4 is 16.8 Å². The van der Waals surface area contributed by atoms with Gasteiger partial charge in [0.05, 0.1) is 11.7 Å². The van der Waals surface area contributed by atoms with Crippen LogP contribution in [-0.2, 0) is 17.9 Å². The van der Waals surface area contributed by atoms with E-state index in [0.717, 1.165) is 55.7 Å². The number of likely N-dealkylation sites (tertiary alicyclic amines) is 1. The van der Waals surface area contributed by atoms with Crippen LogP contribution >= 0.6 is 0 Å². The topological polar surface area (TPSA) is 59.2 Å². The molecule has 2 aromatic heterocycles. The molecular weight excluding hydrogens is 352 g/mol. The van der Waals surface area contributed by atoms with Crippen molar-refractivity contribution in [3.05, 3.63) is 48.7 Å². The van der Waals surface area contributed by atoms with Crippen LogP contribution in [0, 0.1) is 0 Å². The molecule has 1 atom stereocenters. The van der Waals surface area contributed by atoms with Crippen LogP contribution < -0.4 is 0 Å². The quantitative estimate of drug-likeness (QED) is 0.658. The van der Waals surface area contributed by atoms with Crippen LogP contribution in [0.1, 0.15) is 24.6 Å². The predicted molar refractivity (Wildman–Crippen MR) is 109 cm³/mol. The second-order valence-electron chi connectivity index (χ2n) is 7.82. The summed E-state index contributed by atoms with van der Waals surface area (Å²) in [7, 11) is 4.16. The molecule has 1 aromatic carbocycles. The van der Waals surface area contributed by atoms with E-state index in [9.17, 15) is 4.79 Å². The highest BCUT2D eigenvalue weighted by molar-refractivity contribution is 5.82. The van der Waals surface area contributed by atoms with Gasteiger partial charge in [-0.1, -0.05) is 18.2 Å². The van der Waals surface area contributed by atoms with E-state index in [2.05, 4.69) is 39.8 Å². The first kappa shape index (κ1) is 18.7. The molecule has 7 nitrogen and oxygen atoms in total. The third-order valence-electron chi connectivity index (χ3n) is 5.51. The highest BCUT2D eigenvalue weighted by Gasteiger charge is 2.27. The molecular formula is C21H28N6O.